The van der Waals surface area contributed by atoms with Crippen molar-refractivity contribution in [2.75, 3.05) is 13.2 Å². The van der Waals surface area contributed by atoms with Gasteiger partial charge in [-0.25, -0.2) is 4.79 Å². The molecule has 0 radical (unpaired) electrons. The first kappa shape index (κ1) is 27.9. The van der Waals surface area contributed by atoms with Gasteiger partial charge in [-0.15, -0.1) is 0 Å². The van der Waals surface area contributed by atoms with Crippen LogP contribution in [-0.2, 0) is 19.1 Å². The van der Waals surface area contributed by atoms with Crippen LogP contribution in [0.15, 0.2) is 54.6 Å². The van der Waals surface area contributed by atoms with Crippen LogP contribution in [-0.4, -0.2) is 25.2 Å². The molecule has 0 saturated carbocycles. The van der Waals surface area contributed by atoms with Crippen LogP contribution in [0.3, 0.4) is 0 Å². The molecule has 0 fully saturated rings. The first-order chi connectivity index (χ1) is 16.2. The number of rotatable bonds is 8. The lowest BCUT2D eigenvalue weighted by Gasteiger charge is -2.43. The normalized spacial score (nSPS) is 13.7. The van der Waals surface area contributed by atoms with E-state index in [-0.39, 0.29) is 30.0 Å². The lowest BCUT2D eigenvalue weighted by atomic mass is 9.61. The third-order valence-electron chi connectivity index (χ3n) is 6.22. The summed E-state index contributed by atoms with van der Waals surface area (Å²) in [5.41, 5.74) is 2.55. The van der Waals surface area contributed by atoms with Crippen molar-refractivity contribution in [1.82, 2.24) is 0 Å². The van der Waals surface area contributed by atoms with Gasteiger partial charge in [0.1, 0.15) is 13.2 Å². The van der Waals surface area contributed by atoms with Gasteiger partial charge in [-0.1, -0.05) is 77.9 Å². The summed E-state index contributed by atoms with van der Waals surface area (Å²) in [5.74, 6) is -0.764. The molecule has 0 aliphatic carbocycles. The SMILES string of the molecule is CC(C)(C)CC(C)(C(=O)OCCOC(=O)/C=C/c1ccc(-c2ccc(C#N)cc2)cc1)C(C)(C)C. The number of hydrogen-bond acceptors (Lipinski definition) is 5. The predicted molar refractivity (Wildman–Crippen MR) is 139 cm³/mol. The van der Waals surface area contributed by atoms with Crippen LogP contribution in [0.4, 0.5) is 0 Å². The molecular weight excluding hydrogens is 438 g/mol. The minimum atomic E-state index is -0.654. The molecule has 1 atom stereocenters. The van der Waals surface area contributed by atoms with Gasteiger partial charge in [-0.2, -0.15) is 5.26 Å². The molecule has 0 aromatic heterocycles. The second-order valence-corrected chi connectivity index (χ2v) is 11.3. The van der Waals surface area contributed by atoms with Gasteiger partial charge in [-0.05, 0) is 59.1 Å². The Kier molecular flexibility index (Phi) is 9.04. The second kappa shape index (κ2) is 11.4. The number of carbonyl (C=O) groups is 2. The summed E-state index contributed by atoms with van der Waals surface area (Å²) in [6, 6.07) is 17.2. The van der Waals surface area contributed by atoms with E-state index in [1.165, 1.54) is 6.08 Å². The van der Waals surface area contributed by atoms with E-state index in [0.29, 0.717) is 12.0 Å². The summed E-state index contributed by atoms with van der Waals surface area (Å²) in [5, 5.41) is 8.91. The molecule has 0 bridgehead atoms. The summed E-state index contributed by atoms with van der Waals surface area (Å²) in [6.45, 7) is 14.4. The zero-order chi connectivity index (χ0) is 26.3. The highest BCUT2D eigenvalue weighted by atomic mass is 16.6. The van der Waals surface area contributed by atoms with Crippen LogP contribution in [0, 0.1) is 27.6 Å². The summed E-state index contributed by atoms with van der Waals surface area (Å²) < 4.78 is 10.7. The van der Waals surface area contributed by atoms with E-state index in [1.54, 1.807) is 18.2 Å². The molecule has 5 heteroatoms. The average molecular weight is 476 g/mol. The minimum Gasteiger partial charge on any atom is -0.462 e. The molecule has 2 aromatic rings. The lowest BCUT2D eigenvalue weighted by Crippen LogP contribution is -2.44. The van der Waals surface area contributed by atoms with Gasteiger partial charge in [0.25, 0.3) is 0 Å². The zero-order valence-electron chi connectivity index (χ0n) is 22.0. The fourth-order valence-corrected chi connectivity index (χ4v) is 3.88. The average Bonchev–Trinajstić information content (AvgIpc) is 2.79. The van der Waals surface area contributed by atoms with E-state index in [4.69, 9.17) is 14.7 Å². The summed E-state index contributed by atoms with van der Waals surface area (Å²) in [4.78, 5) is 25.0. The van der Waals surface area contributed by atoms with Crippen molar-refractivity contribution in [1.29, 1.82) is 5.26 Å². The third kappa shape index (κ3) is 8.10. The van der Waals surface area contributed by atoms with E-state index in [9.17, 15) is 9.59 Å². The maximum atomic E-state index is 12.9. The van der Waals surface area contributed by atoms with Crippen LogP contribution in [0.2, 0.25) is 0 Å². The summed E-state index contributed by atoms with van der Waals surface area (Å²) >= 11 is 0. The third-order valence-corrected chi connectivity index (χ3v) is 6.22. The van der Waals surface area contributed by atoms with Gasteiger partial charge in [0, 0.05) is 6.08 Å². The molecule has 0 heterocycles. The van der Waals surface area contributed by atoms with Gasteiger partial charge in [0.15, 0.2) is 0 Å². The smallest absolute Gasteiger partial charge is 0.330 e. The highest BCUT2D eigenvalue weighted by Crippen LogP contribution is 2.47. The Balaban J connectivity index is 1.85. The largest absolute Gasteiger partial charge is 0.462 e. The predicted octanol–water partition coefficient (Wildman–Crippen LogP) is 6.81. The van der Waals surface area contributed by atoms with E-state index in [2.05, 4.69) is 26.8 Å². The lowest BCUT2D eigenvalue weighted by molar-refractivity contribution is -0.167. The number of ether oxygens (including phenoxy) is 2. The van der Waals surface area contributed by atoms with Gasteiger partial charge in [-0.3, -0.25) is 4.79 Å². The molecule has 35 heavy (non-hydrogen) atoms. The molecule has 186 valence electrons. The van der Waals surface area contributed by atoms with Crippen molar-refractivity contribution >= 4 is 18.0 Å². The molecule has 0 aliphatic rings. The number of esters is 2. The van der Waals surface area contributed by atoms with Crippen LogP contribution in [0.5, 0.6) is 0 Å². The van der Waals surface area contributed by atoms with Crippen molar-refractivity contribution in [3.05, 3.63) is 65.7 Å². The van der Waals surface area contributed by atoms with E-state index < -0.39 is 11.4 Å². The topological polar surface area (TPSA) is 76.4 Å². The van der Waals surface area contributed by atoms with Crippen LogP contribution in [0.25, 0.3) is 17.2 Å². The zero-order valence-corrected chi connectivity index (χ0v) is 22.0. The molecule has 0 N–H and O–H groups in total. The fraction of sp³-hybridized carbons (Fsp3) is 0.433. The fourth-order valence-electron chi connectivity index (χ4n) is 3.88. The van der Waals surface area contributed by atoms with Crippen LogP contribution >= 0.6 is 0 Å². The molecule has 0 spiro atoms. The minimum absolute atomic E-state index is 0.00227. The quantitative estimate of drug-likeness (QED) is 0.238. The highest BCUT2D eigenvalue weighted by molar-refractivity contribution is 5.87. The van der Waals surface area contributed by atoms with Crippen molar-refractivity contribution in [3.8, 4) is 17.2 Å². The maximum Gasteiger partial charge on any atom is 0.330 e. The molecule has 5 nitrogen and oxygen atoms in total. The second-order valence-electron chi connectivity index (χ2n) is 11.3. The Labute approximate surface area is 209 Å². The maximum absolute atomic E-state index is 12.9. The molecule has 0 amide bonds. The van der Waals surface area contributed by atoms with Crippen molar-refractivity contribution in [3.63, 3.8) is 0 Å². The number of hydrogen-bond donors (Lipinski definition) is 0. The molecule has 2 rings (SSSR count). The van der Waals surface area contributed by atoms with Crippen molar-refractivity contribution in [2.45, 2.75) is 54.9 Å². The van der Waals surface area contributed by atoms with Gasteiger partial charge < -0.3 is 9.47 Å². The number of nitrogens with zero attached hydrogens (tertiary/aromatic N) is 1. The molecule has 0 saturated heterocycles. The van der Waals surface area contributed by atoms with Crippen LogP contribution in [0.1, 0.15) is 66.0 Å². The number of nitriles is 1. The van der Waals surface area contributed by atoms with E-state index >= 15 is 0 Å². The van der Waals surface area contributed by atoms with Crippen molar-refractivity contribution < 1.29 is 19.1 Å². The molecule has 0 aliphatic heterocycles. The first-order valence-electron chi connectivity index (χ1n) is 11.9. The van der Waals surface area contributed by atoms with E-state index in [1.807, 2.05) is 64.1 Å². The molecule has 2 aromatic carbocycles. The Morgan fingerprint density at radius 2 is 1.34 bits per heavy atom. The van der Waals surface area contributed by atoms with Gasteiger partial charge in [0.2, 0.25) is 0 Å². The standard InChI is InChI=1S/C30H37NO4/c1-28(2,3)21-30(7,29(4,5)6)27(33)35-19-18-34-26(32)17-12-22-8-13-24(14-9-22)25-15-10-23(20-31)11-16-25/h8-17H,18-19,21H2,1-7H3/b17-12+. The van der Waals surface area contributed by atoms with Gasteiger partial charge in [0.05, 0.1) is 17.0 Å². The Bertz CT molecular complexity index is 1080. The number of benzene rings is 2. The summed E-state index contributed by atoms with van der Waals surface area (Å²) in [6.07, 6.45) is 3.73. The molecular formula is C30H37NO4. The van der Waals surface area contributed by atoms with Crippen molar-refractivity contribution in [2.24, 2.45) is 16.2 Å². The monoisotopic (exact) mass is 475 g/mol. The highest BCUT2D eigenvalue weighted by Gasteiger charge is 2.47. The van der Waals surface area contributed by atoms with E-state index in [0.717, 1.165) is 16.7 Å². The first-order valence-corrected chi connectivity index (χ1v) is 11.9. The molecule has 1 unspecified atom stereocenters. The Morgan fingerprint density at radius 3 is 1.83 bits per heavy atom. The van der Waals surface area contributed by atoms with Crippen LogP contribution < -0.4 is 0 Å². The summed E-state index contributed by atoms with van der Waals surface area (Å²) in [7, 11) is 0. The Hall–Kier alpha value is -3.39. The van der Waals surface area contributed by atoms with Gasteiger partial charge >= 0.3 is 11.9 Å². The Morgan fingerprint density at radius 1 is 0.829 bits per heavy atom. The number of carbonyl (C=O) groups excluding carboxylic acids is 2.